The Kier molecular flexibility index (Phi) is 5.93. The van der Waals surface area contributed by atoms with Crippen molar-refractivity contribution in [2.24, 2.45) is 0 Å². The number of anilines is 1. The van der Waals surface area contributed by atoms with Gasteiger partial charge in [-0.25, -0.2) is 8.42 Å². The van der Waals surface area contributed by atoms with E-state index in [-0.39, 0.29) is 23.3 Å². The molecule has 7 nitrogen and oxygen atoms in total. The van der Waals surface area contributed by atoms with Gasteiger partial charge in [-0.2, -0.15) is 4.31 Å². The fourth-order valence-corrected chi connectivity index (χ4v) is 6.37. The van der Waals surface area contributed by atoms with Crippen molar-refractivity contribution in [3.63, 3.8) is 0 Å². The summed E-state index contributed by atoms with van der Waals surface area (Å²) in [5.74, 6) is -0.461. The van der Waals surface area contributed by atoms with E-state index in [9.17, 15) is 18.0 Å². The van der Waals surface area contributed by atoms with Gasteiger partial charge >= 0.3 is 0 Å². The lowest BCUT2D eigenvalue weighted by atomic mass is 9.86. The lowest BCUT2D eigenvalue weighted by Gasteiger charge is -2.26. The highest BCUT2D eigenvalue weighted by Gasteiger charge is 2.45. The third kappa shape index (κ3) is 4.14. The molecule has 0 spiro atoms. The van der Waals surface area contributed by atoms with Crippen molar-refractivity contribution in [2.75, 3.05) is 24.5 Å². The van der Waals surface area contributed by atoms with Crippen LogP contribution in [0.15, 0.2) is 40.6 Å². The fourth-order valence-electron chi connectivity index (χ4n) is 4.18. The molecule has 1 aromatic heterocycles. The van der Waals surface area contributed by atoms with Crippen LogP contribution in [0.3, 0.4) is 0 Å². The van der Waals surface area contributed by atoms with Crippen LogP contribution >= 0.6 is 11.3 Å². The standard InChI is InChI=1S/C22H27N3O4S2/c1-22(2)18-13-17(31(28,29)24-10-4-3-5-11-24)8-9-19(18)25(21(22)27)15-20(26)23-14-16-7-6-12-30-16/h6-9,12-13H,3-5,10-11,14-15H2,1-2H3,(H,23,26). The first-order valence-electron chi connectivity index (χ1n) is 10.5. The average molecular weight is 462 g/mol. The van der Waals surface area contributed by atoms with E-state index < -0.39 is 15.4 Å². The summed E-state index contributed by atoms with van der Waals surface area (Å²) in [5, 5.41) is 4.79. The molecule has 2 aliphatic heterocycles. The van der Waals surface area contributed by atoms with Crippen molar-refractivity contribution in [1.29, 1.82) is 0 Å². The van der Waals surface area contributed by atoms with Gasteiger partial charge in [-0.15, -0.1) is 11.3 Å². The molecule has 31 heavy (non-hydrogen) atoms. The summed E-state index contributed by atoms with van der Waals surface area (Å²) in [7, 11) is -3.60. The zero-order valence-electron chi connectivity index (χ0n) is 17.8. The van der Waals surface area contributed by atoms with Gasteiger partial charge < -0.3 is 10.2 Å². The molecule has 0 radical (unpaired) electrons. The maximum absolute atomic E-state index is 13.1. The Morgan fingerprint density at radius 1 is 1.16 bits per heavy atom. The molecule has 2 aliphatic rings. The van der Waals surface area contributed by atoms with Crippen LogP contribution in [-0.2, 0) is 31.6 Å². The predicted octanol–water partition coefficient (Wildman–Crippen LogP) is 2.86. The van der Waals surface area contributed by atoms with Gasteiger partial charge in [0.15, 0.2) is 0 Å². The number of nitrogens with zero attached hydrogens (tertiary/aromatic N) is 2. The van der Waals surface area contributed by atoms with Crippen molar-refractivity contribution >= 4 is 38.9 Å². The Morgan fingerprint density at radius 3 is 2.58 bits per heavy atom. The van der Waals surface area contributed by atoms with Crippen molar-refractivity contribution < 1.29 is 18.0 Å². The number of sulfonamides is 1. The summed E-state index contributed by atoms with van der Waals surface area (Å²) < 4.78 is 27.7. The Hall–Kier alpha value is -2.23. The monoisotopic (exact) mass is 461 g/mol. The van der Waals surface area contributed by atoms with Gasteiger partial charge in [-0.3, -0.25) is 9.59 Å². The summed E-state index contributed by atoms with van der Waals surface area (Å²) in [6, 6.07) is 8.68. The summed E-state index contributed by atoms with van der Waals surface area (Å²) in [4.78, 5) is 28.3. The summed E-state index contributed by atoms with van der Waals surface area (Å²) in [6.07, 6.45) is 2.77. The zero-order valence-corrected chi connectivity index (χ0v) is 19.4. The number of amides is 2. The van der Waals surface area contributed by atoms with Crippen molar-refractivity contribution in [2.45, 2.75) is 50.0 Å². The second-order valence-corrected chi connectivity index (χ2v) is 11.5. The van der Waals surface area contributed by atoms with Gasteiger partial charge in [0.2, 0.25) is 21.8 Å². The topological polar surface area (TPSA) is 86.8 Å². The number of carbonyl (C=O) groups is 2. The number of carbonyl (C=O) groups excluding carboxylic acids is 2. The van der Waals surface area contributed by atoms with E-state index in [0.717, 1.165) is 24.1 Å². The number of hydrogen-bond acceptors (Lipinski definition) is 5. The number of rotatable bonds is 6. The van der Waals surface area contributed by atoms with E-state index in [2.05, 4.69) is 5.32 Å². The molecular weight excluding hydrogens is 434 g/mol. The summed E-state index contributed by atoms with van der Waals surface area (Å²) >= 11 is 1.56. The van der Waals surface area contributed by atoms with E-state index in [1.165, 1.54) is 9.21 Å². The average Bonchev–Trinajstić information content (AvgIpc) is 3.35. The van der Waals surface area contributed by atoms with Crippen LogP contribution < -0.4 is 10.2 Å². The van der Waals surface area contributed by atoms with Crippen molar-refractivity contribution in [3.8, 4) is 0 Å². The predicted molar refractivity (Wildman–Crippen MR) is 121 cm³/mol. The van der Waals surface area contributed by atoms with Crippen LogP contribution in [0, 0.1) is 0 Å². The largest absolute Gasteiger partial charge is 0.350 e. The van der Waals surface area contributed by atoms with Gasteiger partial charge in [0.05, 0.1) is 16.9 Å². The SMILES string of the molecule is CC1(C)C(=O)N(CC(=O)NCc2cccs2)c2ccc(S(=O)(=O)N3CCCCC3)cc21. The molecule has 0 aliphatic carbocycles. The first kappa shape index (κ1) is 22.0. The minimum atomic E-state index is -3.60. The number of fused-ring (bicyclic) bond motifs is 1. The fraction of sp³-hybridized carbons (Fsp3) is 0.455. The van der Waals surface area contributed by atoms with E-state index >= 15 is 0 Å². The van der Waals surface area contributed by atoms with Gasteiger partial charge in [-0.05, 0) is 61.9 Å². The molecule has 1 saturated heterocycles. The van der Waals surface area contributed by atoms with Crippen molar-refractivity contribution in [1.82, 2.24) is 9.62 Å². The third-order valence-corrected chi connectivity index (χ3v) is 8.78. The summed E-state index contributed by atoms with van der Waals surface area (Å²) in [5.41, 5.74) is 0.331. The highest BCUT2D eigenvalue weighted by atomic mass is 32.2. The minimum Gasteiger partial charge on any atom is -0.350 e. The maximum Gasteiger partial charge on any atom is 0.243 e. The number of benzene rings is 1. The third-order valence-electron chi connectivity index (χ3n) is 6.01. The zero-order chi connectivity index (χ0) is 22.2. The Morgan fingerprint density at radius 2 is 1.90 bits per heavy atom. The van der Waals surface area contributed by atoms with E-state index in [1.54, 1.807) is 43.4 Å². The lowest BCUT2D eigenvalue weighted by molar-refractivity contribution is -0.125. The smallest absolute Gasteiger partial charge is 0.243 e. The van der Waals surface area contributed by atoms with E-state index in [1.807, 2.05) is 17.5 Å². The van der Waals surface area contributed by atoms with Gasteiger partial charge in [0.1, 0.15) is 6.54 Å². The first-order chi connectivity index (χ1) is 14.7. The number of nitrogens with one attached hydrogen (secondary N) is 1. The molecule has 1 aromatic carbocycles. The quantitative estimate of drug-likeness (QED) is 0.717. The molecule has 0 unspecified atom stereocenters. The normalized spacial score (nSPS) is 18.8. The molecule has 4 rings (SSSR count). The van der Waals surface area contributed by atoms with Gasteiger partial charge in [0.25, 0.3) is 0 Å². The molecule has 0 atom stereocenters. The Bertz CT molecular complexity index is 1090. The number of hydrogen-bond donors (Lipinski definition) is 1. The van der Waals surface area contributed by atoms with Crippen LogP contribution in [0.5, 0.6) is 0 Å². The molecule has 9 heteroatoms. The maximum atomic E-state index is 13.1. The molecule has 166 valence electrons. The van der Waals surface area contributed by atoms with Gasteiger partial charge in [0, 0.05) is 23.7 Å². The van der Waals surface area contributed by atoms with E-state index in [0.29, 0.717) is 30.9 Å². The molecule has 1 N–H and O–H groups in total. The molecule has 1 fully saturated rings. The number of thiophene rings is 1. The number of piperidine rings is 1. The first-order valence-corrected chi connectivity index (χ1v) is 12.8. The molecule has 0 saturated carbocycles. The second kappa shape index (κ2) is 8.37. The lowest BCUT2D eigenvalue weighted by Crippen LogP contribution is -2.42. The van der Waals surface area contributed by atoms with Crippen LogP contribution in [0.4, 0.5) is 5.69 Å². The van der Waals surface area contributed by atoms with Crippen LogP contribution in [0.25, 0.3) is 0 Å². The van der Waals surface area contributed by atoms with E-state index in [4.69, 9.17) is 0 Å². The summed E-state index contributed by atoms with van der Waals surface area (Å²) in [6.45, 7) is 4.92. The highest BCUT2D eigenvalue weighted by Crippen LogP contribution is 2.42. The molecular formula is C22H27N3O4S2. The van der Waals surface area contributed by atoms with Crippen molar-refractivity contribution in [3.05, 3.63) is 46.2 Å². The van der Waals surface area contributed by atoms with Gasteiger partial charge in [-0.1, -0.05) is 12.5 Å². The Balaban J connectivity index is 1.57. The second-order valence-electron chi connectivity index (χ2n) is 8.52. The minimum absolute atomic E-state index is 0.0984. The molecule has 2 aromatic rings. The molecule has 3 heterocycles. The molecule has 2 amide bonds. The van der Waals surface area contributed by atoms with Crippen LogP contribution in [0.2, 0.25) is 0 Å². The Labute approximate surface area is 187 Å². The highest BCUT2D eigenvalue weighted by molar-refractivity contribution is 7.89. The van der Waals surface area contributed by atoms with Crippen LogP contribution in [0.1, 0.15) is 43.6 Å². The molecule has 0 bridgehead atoms. The van der Waals surface area contributed by atoms with Crippen LogP contribution in [-0.4, -0.2) is 44.2 Å².